The number of methoxy groups -OCH3 is 1. The second-order valence-electron chi connectivity index (χ2n) is 3.54. The maximum Gasteiger partial charge on any atom is 0.331 e. The highest BCUT2D eigenvalue weighted by Gasteiger charge is 2.15. The molecule has 1 aromatic carbocycles. The van der Waals surface area contributed by atoms with E-state index in [1.54, 1.807) is 13.2 Å². The van der Waals surface area contributed by atoms with Gasteiger partial charge in [0.05, 0.1) is 7.11 Å². The molecule has 0 radical (unpaired) electrons. The van der Waals surface area contributed by atoms with Crippen molar-refractivity contribution >= 4 is 12.0 Å². The van der Waals surface area contributed by atoms with Crippen molar-refractivity contribution in [1.29, 1.82) is 0 Å². The van der Waals surface area contributed by atoms with Gasteiger partial charge in [0.1, 0.15) is 5.75 Å². The molecule has 0 saturated heterocycles. The van der Waals surface area contributed by atoms with Crippen molar-refractivity contribution in [2.75, 3.05) is 7.11 Å². The van der Waals surface area contributed by atoms with Crippen molar-refractivity contribution in [3.63, 3.8) is 0 Å². The Morgan fingerprint density at radius 3 is 2.87 bits per heavy atom. The average molecular weight is 204 g/mol. The molecular weight excluding hydrogens is 192 g/mol. The molecule has 0 unspecified atom stereocenters. The smallest absolute Gasteiger partial charge is 0.331 e. The van der Waals surface area contributed by atoms with Gasteiger partial charge >= 0.3 is 5.97 Å². The predicted octanol–water partition coefficient (Wildman–Crippen LogP) is 2.11. The summed E-state index contributed by atoms with van der Waals surface area (Å²) in [7, 11) is 1.60. The van der Waals surface area contributed by atoms with E-state index in [1.165, 1.54) is 5.56 Å². The van der Waals surface area contributed by atoms with E-state index in [-0.39, 0.29) is 0 Å². The Kier molecular flexibility index (Phi) is 2.46. The molecule has 0 bridgehead atoms. The van der Waals surface area contributed by atoms with Crippen molar-refractivity contribution in [2.24, 2.45) is 0 Å². The summed E-state index contributed by atoms with van der Waals surface area (Å²) in [5.41, 5.74) is 2.61. The minimum atomic E-state index is -0.830. The fourth-order valence-electron chi connectivity index (χ4n) is 1.76. The van der Waals surface area contributed by atoms with Gasteiger partial charge in [-0.15, -0.1) is 0 Å². The number of carboxylic acid groups (broad SMARTS) is 1. The molecule has 0 heterocycles. The van der Waals surface area contributed by atoms with Gasteiger partial charge in [-0.1, -0.05) is 6.07 Å². The molecule has 3 nitrogen and oxygen atoms in total. The van der Waals surface area contributed by atoms with Gasteiger partial charge in [0.15, 0.2) is 0 Å². The van der Waals surface area contributed by atoms with Crippen LogP contribution in [0.1, 0.15) is 17.5 Å². The van der Waals surface area contributed by atoms with Crippen LogP contribution < -0.4 is 4.74 Å². The van der Waals surface area contributed by atoms with Gasteiger partial charge in [-0.3, -0.25) is 0 Å². The number of hydrogen-bond acceptors (Lipinski definition) is 2. The highest BCUT2D eigenvalue weighted by atomic mass is 16.5. The van der Waals surface area contributed by atoms with Crippen molar-refractivity contribution in [3.05, 3.63) is 34.9 Å². The van der Waals surface area contributed by atoms with E-state index in [0.29, 0.717) is 12.0 Å². The van der Waals surface area contributed by atoms with Gasteiger partial charge in [-0.05, 0) is 42.2 Å². The summed E-state index contributed by atoms with van der Waals surface area (Å²) in [6.07, 6.45) is 3.12. The molecule has 0 amide bonds. The number of benzene rings is 1. The van der Waals surface area contributed by atoms with Crippen molar-refractivity contribution in [3.8, 4) is 5.75 Å². The van der Waals surface area contributed by atoms with E-state index in [2.05, 4.69) is 0 Å². The molecular formula is C12H12O3. The van der Waals surface area contributed by atoms with Crippen LogP contribution in [0.4, 0.5) is 0 Å². The van der Waals surface area contributed by atoms with Gasteiger partial charge in [-0.2, -0.15) is 0 Å². The summed E-state index contributed by atoms with van der Waals surface area (Å²) >= 11 is 0. The van der Waals surface area contributed by atoms with E-state index < -0.39 is 5.97 Å². The summed E-state index contributed by atoms with van der Waals surface area (Å²) in [4.78, 5) is 10.8. The first kappa shape index (κ1) is 9.77. The number of aryl methyl sites for hydroxylation is 1. The maximum atomic E-state index is 10.8. The van der Waals surface area contributed by atoms with Crippen LogP contribution in [0.15, 0.2) is 23.8 Å². The van der Waals surface area contributed by atoms with Crippen molar-refractivity contribution in [2.45, 2.75) is 12.8 Å². The number of carboxylic acids is 1. The lowest BCUT2D eigenvalue weighted by Gasteiger charge is -2.14. The fourth-order valence-corrected chi connectivity index (χ4v) is 1.76. The van der Waals surface area contributed by atoms with Gasteiger partial charge in [0.25, 0.3) is 0 Å². The fraction of sp³-hybridized carbons (Fsp3) is 0.250. The minimum Gasteiger partial charge on any atom is -0.497 e. The molecule has 0 aromatic heterocycles. The first-order valence-corrected chi connectivity index (χ1v) is 4.81. The summed E-state index contributed by atoms with van der Waals surface area (Å²) in [5.74, 6) is -0.0693. The molecule has 1 N–H and O–H groups in total. The second-order valence-corrected chi connectivity index (χ2v) is 3.54. The zero-order valence-electron chi connectivity index (χ0n) is 8.49. The number of fused-ring (bicyclic) bond motifs is 1. The third-order valence-corrected chi connectivity index (χ3v) is 2.62. The lowest BCUT2D eigenvalue weighted by molar-refractivity contribution is -0.132. The van der Waals surface area contributed by atoms with Crippen LogP contribution >= 0.6 is 0 Å². The summed E-state index contributed by atoms with van der Waals surface area (Å²) in [6.45, 7) is 0. The molecule has 0 spiro atoms. The molecule has 1 aliphatic rings. The highest BCUT2D eigenvalue weighted by molar-refractivity contribution is 5.93. The zero-order valence-corrected chi connectivity index (χ0v) is 8.49. The van der Waals surface area contributed by atoms with Crippen LogP contribution in [0.5, 0.6) is 5.75 Å². The second kappa shape index (κ2) is 3.77. The monoisotopic (exact) mass is 204 g/mol. The Hall–Kier alpha value is -1.77. The number of rotatable bonds is 2. The van der Waals surface area contributed by atoms with Crippen LogP contribution in [0, 0.1) is 0 Å². The zero-order chi connectivity index (χ0) is 10.8. The predicted molar refractivity (Wildman–Crippen MR) is 56.9 cm³/mol. The Morgan fingerprint density at radius 2 is 2.20 bits per heavy atom. The van der Waals surface area contributed by atoms with Gasteiger partial charge in [0.2, 0.25) is 0 Å². The molecule has 0 fully saturated rings. The van der Waals surface area contributed by atoms with Crippen LogP contribution in [-0.2, 0) is 11.2 Å². The molecule has 15 heavy (non-hydrogen) atoms. The number of hydrogen-bond donors (Lipinski definition) is 1. The quantitative estimate of drug-likeness (QED) is 0.802. The van der Waals surface area contributed by atoms with E-state index >= 15 is 0 Å². The highest BCUT2D eigenvalue weighted by Crippen LogP contribution is 2.27. The summed E-state index contributed by atoms with van der Waals surface area (Å²) in [6, 6.07) is 5.76. The molecule has 2 rings (SSSR count). The van der Waals surface area contributed by atoms with Crippen LogP contribution in [0.3, 0.4) is 0 Å². The van der Waals surface area contributed by atoms with Crippen molar-refractivity contribution < 1.29 is 14.6 Å². The minimum absolute atomic E-state index is 0.468. The molecule has 1 aromatic rings. The molecule has 1 aliphatic carbocycles. The average Bonchev–Trinajstić information content (AvgIpc) is 2.27. The number of aliphatic carboxylic acids is 1. The Bertz CT molecular complexity index is 432. The van der Waals surface area contributed by atoms with Crippen LogP contribution in [-0.4, -0.2) is 18.2 Å². The lowest BCUT2D eigenvalue weighted by atomic mass is 9.92. The first-order chi connectivity index (χ1) is 7.20. The van der Waals surface area contributed by atoms with Crippen LogP contribution in [0.2, 0.25) is 0 Å². The summed E-state index contributed by atoms with van der Waals surface area (Å²) in [5, 5.41) is 8.89. The molecule has 3 heteroatoms. The lowest BCUT2D eigenvalue weighted by Crippen LogP contribution is -2.07. The molecule has 0 saturated carbocycles. The molecule has 0 aliphatic heterocycles. The van der Waals surface area contributed by atoms with E-state index in [1.807, 2.05) is 18.2 Å². The van der Waals surface area contributed by atoms with E-state index in [4.69, 9.17) is 9.84 Å². The largest absolute Gasteiger partial charge is 0.497 e. The maximum absolute atomic E-state index is 10.8. The normalized spacial score (nSPS) is 14.1. The first-order valence-electron chi connectivity index (χ1n) is 4.81. The SMILES string of the molecule is COc1ccc2c(c1)C=C(C(=O)O)CC2. The van der Waals surface area contributed by atoms with E-state index in [0.717, 1.165) is 17.7 Å². The third kappa shape index (κ3) is 1.86. The van der Waals surface area contributed by atoms with Gasteiger partial charge in [-0.25, -0.2) is 4.79 Å². The standard InChI is InChI=1S/C12H12O3/c1-15-11-5-4-8-2-3-9(12(13)14)6-10(8)7-11/h4-7H,2-3H2,1H3,(H,13,14). The third-order valence-electron chi connectivity index (χ3n) is 2.62. The Labute approximate surface area is 88.0 Å². The van der Waals surface area contributed by atoms with Gasteiger partial charge < -0.3 is 9.84 Å². The Balaban J connectivity index is 2.43. The number of ether oxygens (including phenoxy) is 1. The summed E-state index contributed by atoms with van der Waals surface area (Å²) < 4.78 is 5.10. The Morgan fingerprint density at radius 1 is 1.40 bits per heavy atom. The van der Waals surface area contributed by atoms with Gasteiger partial charge in [0, 0.05) is 5.57 Å². The van der Waals surface area contributed by atoms with Crippen LogP contribution in [0.25, 0.3) is 6.08 Å². The van der Waals surface area contributed by atoms with E-state index in [9.17, 15) is 4.79 Å². The molecule has 0 atom stereocenters. The molecule has 78 valence electrons. The number of carbonyl (C=O) groups is 1. The van der Waals surface area contributed by atoms with Crippen molar-refractivity contribution in [1.82, 2.24) is 0 Å². The topological polar surface area (TPSA) is 46.5 Å².